The van der Waals surface area contributed by atoms with E-state index in [1.807, 2.05) is 0 Å². The molecular weight excluding hydrogens is 349 g/mol. The Labute approximate surface area is 127 Å². The van der Waals surface area contributed by atoms with Gasteiger partial charge in [-0.1, -0.05) is 15.9 Å². The quantitative estimate of drug-likeness (QED) is 0.764. The fraction of sp³-hybridized carbons (Fsp3) is 0.200. The molecular formula is C15H10BrF3O2. The first-order valence-corrected chi connectivity index (χ1v) is 7.03. The van der Waals surface area contributed by atoms with Crippen molar-refractivity contribution in [1.82, 2.24) is 0 Å². The van der Waals surface area contributed by atoms with Crippen LogP contribution in [0.1, 0.15) is 29.8 Å². The van der Waals surface area contributed by atoms with Crippen molar-refractivity contribution in [2.45, 2.75) is 18.6 Å². The summed E-state index contributed by atoms with van der Waals surface area (Å²) in [7, 11) is 0. The van der Waals surface area contributed by atoms with Crippen LogP contribution in [0.2, 0.25) is 0 Å². The minimum Gasteiger partial charge on any atom is -0.485 e. The second-order valence-electron chi connectivity index (χ2n) is 4.83. The number of hydrogen-bond acceptors (Lipinski definition) is 2. The Morgan fingerprint density at radius 2 is 1.71 bits per heavy atom. The molecule has 21 heavy (non-hydrogen) atoms. The zero-order valence-electron chi connectivity index (χ0n) is 10.6. The Kier molecular flexibility index (Phi) is 3.67. The van der Waals surface area contributed by atoms with Crippen molar-refractivity contribution < 1.29 is 23.0 Å². The molecule has 1 aliphatic heterocycles. The predicted molar refractivity (Wildman–Crippen MR) is 73.4 cm³/mol. The van der Waals surface area contributed by atoms with Gasteiger partial charge in [0.2, 0.25) is 0 Å². The fourth-order valence-corrected chi connectivity index (χ4v) is 2.77. The van der Waals surface area contributed by atoms with Crippen molar-refractivity contribution in [3.8, 4) is 5.75 Å². The zero-order valence-corrected chi connectivity index (χ0v) is 12.2. The average Bonchev–Trinajstić information content (AvgIpc) is 2.43. The molecule has 0 bridgehead atoms. The van der Waals surface area contributed by atoms with E-state index in [0.29, 0.717) is 17.4 Å². The predicted octanol–water partition coefficient (Wildman–Crippen LogP) is 4.42. The van der Waals surface area contributed by atoms with E-state index < -0.39 is 29.7 Å². The van der Waals surface area contributed by atoms with Crippen LogP contribution in [0, 0.1) is 17.5 Å². The molecule has 2 atom stereocenters. The number of halogens is 4. The van der Waals surface area contributed by atoms with Crippen LogP contribution in [0.15, 0.2) is 34.8 Å². The van der Waals surface area contributed by atoms with Gasteiger partial charge < -0.3 is 9.84 Å². The zero-order chi connectivity index (χ0) is 15.1. The van der Waals surface area contributed by atoms with E-state index in [4.69, 9.17) is 4.74 Å². The third-order valence-electron chi connectivity index (χ3n) is 3.42. The van der Waals surface area contributed by atoms with E-state index in [9.17, 15) is 18.3 Å². The fourth-order valence-electron chi connectivity index (χ4n) is 2.39. The Hall–Kier alpha value is -1.53. The lowest BCUT2D eigenvalue weighted by Gasteiger charge is -2.30. The van der Waals surface area contributed by atoms with Crippen LogP contribution in [-0.4, -0.2) is 5.11 Å². The molecule has 0 aliphatic carbocycles. The van der Waals surface area contributed by atoms with Crippen molar-refractivity contribution in [2.75, 3.05) is 0 Å². The van der Waals surface area contributed by atoms with Gasteiger partial charge in [-0.15, -0.1) is 0 Å². The highest BCUT2D eigenvalue weighted by atomic mass is 79.9. The summed E-state index contributed by atoms with van der Waals surface area (Å²) in [6, 6.07) is 6.31. The molecule has 0 radical (unpaired) electrons. The lowest BCUT2D eigenvalue weighted by atomic mass is 9.94. The molecule has 6 heteroatoms. The summed E-state index contributed by atoms with van der Waals surface area (Å²) in [4.78, 5) is 0. The highest BCUT2D eigenvalue weighted by Gasteiger charge is 2.30. The molecule has 0 aromatic heterocycles. The number of ether oxygens (including phenoxy) is 1. The van der Waals surface area contributed by atoms with Crippen molar-refractivity contribution in [3.05, 3.63) is 63.4 Å². The maximum absolute atomic E-state index is 13.8. The van der Waals surface area contributed by atoms with Gasteiger partial charge in [0, 0.05) is 28.1 Å². The Morgan fingerprint density at radius 1 is 1.00 bits per heavy atom. The van der Waals surface area contributed by atoms with Gasteiger partial charge in [-0.25, -0.2) is 13.2 Å². The van der Waals surface area contributed by atoms with Crippen LogP contribution in [0.3, 0.4) is 0 Å². The number of fused-ring (bicyclic) bond motifs is 1. The lowest BCUT2D eigenvalue weighted by molar-refractivity contribution is 0.0637. The first kappa shape index (κ1) is 14.4. The monoisotopic (exact) mass is 358 g/mol. The standard InChI is InChI=1S/C15H10BrF3O2/c16-7-1-2-14-9(3-7)13(20)6-15(21-14)8-4-11(18)12(19)5-10(8)17/h1-5,13,15,20H,6H2/t13-,15?/m0/s1. The number of hydrogen-bond donors (Lipinski definition) is 1. The number of rotatable bonds is 1. The van der Waals surface area contributed by atoms with Crippen molar-refractivity contribution in [3.63, 3.8) is 0 Å². The molecule has 3 rings (SSSR count). The smallest absolute Gasteiger partial charge is 0.161 e. The molecule has 2 aromatic rings. The van der Waals surface area contributed by atoms with E-state index in [2.05, 4.69) is 15.9 Å². The summed E-state index contributed by atoms with van der Waals surface area (Å²) in [5, 5.41) is 10.1. The summed E-state index contributed by atoms with van der Waals surface area (Å²) < 4.78 is 46.5. The molecule has 0 spiro atoms. The van der Waals surface area contributed by atoms with Crippen LogP contribution in [0.25, 0.3) is 0 Å². The number of aliphatic hydroxyl groups is 1. The molecule has 1 N–H and O–H groups in total. The topological polar surface area (TPSA) is 29.5 Å². The highest BCUT2D eigenvalue weighted by Crippen LogP contribution is 2.42. The van der Waals surface area contributed by atoms with Gasteiger partial charge in [0.25, 0.3) is 0 Å². The molecule has 1 unspecified atom stereocenters. The minimum atomic E-state index is -1.25. The SMILES string of the molecule is O[C@H]1CC(c2cc(F)c(F)cc2F)Oc2ccc(Br)cc21. The molecule has 0 fully saturated rings. The Balaban J connectivity index is 1.99. The van der Waals surface area contributed by atoms with E-state index in [1.165, 1.54) is 0 Å². The van der Waals surface area contributed by atoms with Crippen LogP contribution in [-0.2, 0) is 0 Å². The molecule has 1 aliphatic rings. The van der Waals surface area contributed by atoms with Crippen molar-refractivity contribution in [1.29, 1.82) is 0 Å². The van der Waals surface area contributed by atoms with Gasteiger partial charge in [-0.2, -0.15) is 0 Å². The minimum absolute atomic E-state index is 0.0610. The maximum atomic E-state index is 13.8. The van der Waals surface area contributed by atoms with Crippen LogP contribution < -0.4 is 4.74 Å². The van der Waals surface area contributed by atoms with Crippen LogP contribution in [0.5, 0.6) is 5.75 Å². The Bertz CT molecular complexity index is 706. The molecule has 0 saturated heterocycles. The second kappa shape index (κ2) is 5.35. The van der Waals surface area contributed by atoms with E-state index in [0.717, 1.165) is 10.5 Å². The van der Waals surface area contributed by atoms with Gasteiger partial charge in [0.05, 0.1) is 6.10 Å². The molecule has 1 heterocycles. The largest absolute Gasteiger partial charge is 0.485 e. The lowest BCUT2D eigenvalue weighted by Crippen LogP contribution is -2.20. The summed E-state index contributed by atoms with van der Waals surface area (Å²) >= 11 is 3.29. The molecule has 110 valence electrons. The third kappa shape index (κ3) is 2.65. The van der Waals surface area contributed by atoms with Crippen molar-refractivity contribution >= 4 is 15.9 Å². The first-order valence-electron chi connectivity index (χ1n) is 6.24. The van der Waals surface area contributed by atoms with E-state index >= 15 is 0 Å². The van der Waals surface area contributed by atoms with Crippen LogP contribution >= 0.6 is 15.9 Å². The second-order valence-corrected chi connectivity index (χ2v) is 5.74. The molecule has 0 amide bonds. The number of benzene rings is 2. The van der Waals surface area contributed by atoms with Gasteiger partial charge in [0.15, 0.2) is 11.6 Å². The molecule has 0 saturated carbocycles. The van der Waals surface area contributed by atoms with Gasteiger partial charge in [-0.05, 0) is 24.3 Å². The molecule has 2 nitrogen and oxygen atoms in total. The van der Waals surface area contributed by atoms with Crippen molar-refractivity contribution in [2.24, 2.45) is 0 Å². The average molecular weight is 359 g/mol. The highest BCUT2D eigenvalue weighted by molar-refractivity contribution is 9.10. The van der Waals surface area contributed by atoms with Gasteiger partial charge in [-0.3, -0.25) is 0 Å². The third-order valence-corrected chi connectivity index (χ3v) is 3.92. The van der Waals surface area contributed by atoms with E-state index in [1.54, 1.807) is 18.2 Å². The molecule has 2 aromatic carbocycles. The van der Waals surface area contributed by atoms with Gasteiger partial charge >= 0.3 is 0 Å². The van der Waals surface area contributed by atoms with E-state index in [-0.39, 0.29) is 12.0 Å². The number of aliphatic hydroxyl groups excluding tert-OH is 1. The van der Waals surface area contributed by atoms with Gasteiger partial charge in [0.1, 0.15) is 17.7 Å². The first-order chi connectivity index (χ1) is 9.95. The normalized spacial score (nSPS) is 20.8. The van der Waals surface area contributed by atoms with Crippen LogP contribution in [0.4, 0.5) is 13.2 Å². The summed E-state index contributed by atoms with van der Waals surface area (Å²) in [6.45, 7) is 0. The maximum Gasteiger partial charge on any atom is 0.161 e. The summed E-state index contributed by atoms with van der Waals surface area (Å²) in [5.41, 5.74) is 0.463. The summed E-state index contributed by atoms with van der Waals surface area (Å²) in [6.07, 6.45) is -1.68. The summed E-state index contributed by atoms with van der Waals surface area (Å²) in [5.74, 6) is -2.90. The Morgan fingerprint density at radius 3 is 2.48 bits per heavy atom.